The van der Waals surface area contributed by atoms with Crippen molar-refractivity contribution < 1.29 is 19.8 Å². The fraction of sp³-hybridized carbons (Fsp3) is 0.0714. The van der Waals surface area contributed by atoms with Crippen LogP contribution in [0.5, 0.6) is 0 Å². The Kier molecular flexibility index (Phi) is 10.3. The van der Waals surface area contributed by atoms with Crippen LogP contribution in [0.15, 0.2) is 121 Å². The van der Waals surface area contributed by atoms with Gasteiger partial charge in [0.05, 0.1) is 11.9 Å². The van der Waals surface area contributed by atoms with Gasteiger partial charge in [0.2, 0.25) is 0 Å². The maximum Gasteiger partial charge on any atom is 2.00 e. The van der Waals surface area contributed by atoms with E-state index in [0.29, 0.717) is 0 Å². The Morgan fingerprint density at radius 3 is 0.758 bits per heavy atom. The number of carbonyl (C=O) groups excluding carboxylic acids is 2. The third-order valence-electron chi connectivity index (χ3n) is 5.00. The van der Waals surface area contributed by atoms with Gasteiger partial charge in [-0.1, -0.05) is 121 Å². The molecule has 0 aromatic heterocycles. The number of rotatable bonds is 6. The third kappa shape index (κ3) is 7.31. The molecule has 0 fully saturated rings. The minimum Gasteiger partial charge on any atom is -0.549 e. The molecule has 160 valence electrons. The fourth-order valence-corrected chi connectivity index (χ4v) is 3.51. The van der Waals surface area contributed by atoms with Gasteiger partial charge < -0.3 is 19.8 Å². The van der Waals surface area contributed by atoms with E-state index in [4.69, 9.17) is 0 Å². The molecule has 4 aromatic rings. The second kappa shape index (κ2) is 13.2. The molecule has 0 spiro atoms. The average molecular weight is 447 g/mol. The summed E-state index contributed by atoms with van der Waals surface area (Å²) in [5.41, 5.74) is 2.98. The molecule has 0 bridgehead atoms. The Morgan fingerprint density at radius 2 is 0.606 bits per heavy atom. The van der Waals surface area contributed by atoms with E-state index in [0.717, 1.165) is 22.3 Å². The van der Waals surface area contributed by atoms with E-state index < -0.39 is 23.8 Å². The molecule has 0 radical (unpaired) electrons. The van der Waals surface area contributed by atoms with Crippen molar-refractivity contribution in [2.75, 3.05) is 0 Å². The van der Waals surface area contributed by atoms with Crippen LogP contribution in [0.25, 0.3) is 0 Å². The normalized spacial score (nSPS) is 10.0. The van der Waals surface area contributed by atoms with Gasteiger partial charge in [0.15, 0.2) is 0 Å². The van der Waals surface area contributed by atoms with Crippen molar-refractivity contribution in [3.63, 3.8) is 0 Å². The Balaban J connectivity index is 0.000000227. The van der Waals surface area contributed by atoms with Gasteiger partial charge in [0, 0.05) is 11.8 Å². The predicted octanol–water partition coefficient (Wildman–Crippen LogP) is 2.76. The summed E-state index contributed by atoms with van der Waals surface area (Å²) in [6.45, 7) is 0. The number of carbonyl (C=O) groups is 2. The van der Waals surface area contributed by atoms with Crippen molar-refractivity contribution in [2.24, 2.45) is 0 Å². The van der Waals surface area contributed by atoms with E-state index in [1.165, 1.54) is 0 Å². The van der Waals surface area contributed by atoms with Crippen molar-refractivity contribution in [2.45, 2.75) is 11.8 Å². The summed E-state index contributed by atoms with van der Waals surface area (Å²) >= 11 is 0. The zero-order chi connectivity index (χ0) is 22.8. The molecular weight excluding hydrogens is 425 g/mol. The average Bonchev–Trinajstić information content (AvgIpc) is 2.82. The molecule has 4 aromatic carbocycles. The van der Waals surface area contributed by atoms with Crippen LogP contribution in [0.3, 0.4) is 0 Å². The van der Waals surface area contributed by atoms with Crippen molar-refractivity contribution in [3.8, 4) is 0 Å². The van der Waals surface area contributed by atoms with Gasteiger partial charge in [0.1, 0.15) is 0 Å². The van der Waals surface area contributed by atoms with Crippen LogP contribution >= 0.6 is 0 Å². The summed E-state index contributed by atoms with van der Waals surface area (Å²) in [5.74, 6) is -3.53. The van der Waals surface area contributed by atoms with E-state index in [1.54, 1.807) is 48.5 Å². The molecule has 0 saturated heterocycles. The number of carboxylic acid groups (broad SMARTS) is 2. The molecule has 0 amide bonds. The summed E-state index contributed by atoms with van der Waals surface area (Å²) in [6, 6.07) is 36.5. The van der Waals surface area contributed by atoms with Gasteiger partial charge >= 0.3 is 23.1 Å². The number of carboxylic acids is 2. The molecular formula is C28H22MgO4. The first-order chi connectivity index (χ1) is 15.6. The topological polar surface area (TPSA) is 80.3 Å². The molecule has 33 heavy (non-hydrogen) atoms. The quantitative estimate of drug-likeness (QED) is 0.427. The smallest absolute Gasteiger partial charge is 0.549 e. The number of hydrogen-bond acceptors (Lipinski definition) is 4. The molecule has 0 unspecified atom stereocenters. The van der Waals surface area contributed by atoms with Gasteiger partial charge in [0.25, 0.3) is 0 Å². The van der Waals surface area contributed by atoms with E-state index in [9.17, 15) is 19.8 Å². The van der Waals surface area contributed by atoms with Gasteiger partial charge in [-0.05, 0) is 22.3 Å². The monoisotopic (exact) mass is 446 g/mol. The third-order valence-corrected chi connectivity index (χ3v) is 5.00. The first-order valence-corrected chi connectivity index (χ1v) is 10.2. The molecule has 0 saturated carbocycles. The molecule has 0 aliphatic carbocycles. The van der Waals surface area contributed by atoms with Gasteiger partial charge in [-0.3, -0.25) is 0 Å². The van der Waals surface area contributed by atoms with Gasteiger partial charge in [-0.2, -0.15) is 0 Å². The molecule has 4 nitrogen and oxygen atoms in total. The molecule has 4 rings (SSSR count). The van der Waals surface area contributed by atoms with Crippen LogP contribution in [-0.2, 0) is 9.59 Å². The number of hydrogen-bond donors (Lipinski definition) is 0. The summed E-state index contributed by atoms with van der Waals surface area (Å²) in [7, 11) is 0. The summed E-state index contributed by atoms with van der Waals surface area (Å²) in [4.78, 5) is 22.4. The van der Waals surface area contributed by atoms with Crippen molar-refractivity contribution in [3.05, 3.63) is 144 Å². The Labute approximate surface area is 209 Å². The van der Waals surface area contributed by atoms with Crippen molar-refractivity contribution >= 4 is 35.0 Å². The van der Waals surface area contributed by atoms with Crippen molar-refractivity contribution in [1.82, 2.24) is 0 Å². The first kappa shape index (κ1) is 25.8. The predicted molar refractivity (Wildman–Crippen MR) is 125 cm³/mol. The molecule has 0 aliphatic heterocycles. The number of aliphatic carboxylic acids is 2. The Bertz CT molecular complexity index is 946. The summed E-state index contributed by atoms with van der Waals surface area (Å²) < 4.78 is 0. The SMILES string of the molecule is O=C([O-])C(c1ccccc1)c1ccccc1.O=C([O-])C(c1ccccc1)c1ccccc1.[Mg+2]. The second-order valence-electron chi connectivity index (χ2n) is 7.15. The van der Waals surface area contributed by atoms with E-state index in [1.807, 2.05) is 72.8 Å². The van der Waals surface area contributed by atoms with Crippen LogP contribution in [0.4, 0.5) is 0 Å². The van der Waals surface area contributed by atoms with Gasteiger partial charge in [-0.15, -0.1) is 0 Å². The largest absolute Gasteiger partial charge is 2.00 e. The minimum absolute atomic E-state index is 0. The Morgan fingerprint density at radius 1 is 0.424 bits per heavy atom. The van der Waals surface area contributed by atoms with E-state index >= 15 is 0 Å². The Hall–Kier alpha value is -3.41. The zero-order valence-electron chi connectivity index (χ0n) is 18.0. The zero-order valence-corrected chi connectivity index (χ0v) is 19.5. The first-order valence-electron chi connectivity index (χ1n) is 10.2. The number of benzene rings is 4. The van der Waals surface area contributed by atoms with E-state index in [2.05, 4.69) is 0 Å². The minimum atomic E-state index is -1.07. The fourth-order valence-electron chi connectivity index (χ4n) is 3.51. The summed E-state index contributed by atoms with van der Waals surface area (Å²) in [5, 5.41) is 22.4. The van der Waals surface area contributed by atoms with Crippen molar-refractivity contribution in [1.29, 1.82) is 0 Å². The second-order valence-corrected chi connectivity index (χ2v) is 7.15. The maximum absolute atomic E-state index is 11.2. The summed E-state index contributed by atoms with van der Waals surface area (Å²) in [6.07, 6.45) is 0. The molecule has 5 heteroatoms. The van der Waals surface area contributed by atoms with Crippen LogP contribution in [0, 0.1) is 0 Å². The van der Waals surface area contributed by atoms with Gasteiger partial charge in [-0.25, -0.2) is 0 Å². The van der Waals surface area contributed by atoms with Crippen LogP contribution in [-0.4, -0.2) is 35.0 Å². The standard InChI is InChI=1S/2C14H12O2.Mg/c2*15-14(16)13(11-7-3-1-4-8-11)12-9-5-2-6-10-12;/h2*1-10,13H,(H,15,16);/q;;+2/p-2. The van der Waals surface area contributed by atoms with Crippen LogP contribution < -0.4 is 10.2 Å². The van der Waals surface area contributed by atoms with E-state index in [-0.39, 0.29) is 23.1 Å². The molecule has 0 aliphatic rings. The van der Waals surface area contributed by atoms with Crippen LogP contribution in [0.2, 0.25) is 0 Å². The molecule has 0 atom stereocenters. The molecule has 0 N–H and O–H groups in total. The van der Waals surface area contributed by atoms with Crippen LogP contribution in [0.1, 0.15) is 34.1 Å². The maximum atomic E-state index is 11.2. The molecule has 0 heterocycles.